The summed E-state index contributed by atoms with van der Waals surface area (Å²) in [7, 11) is 1.57. The number of carbonyl (C=O) groups excluding carboxylic acids is 2. The number of likely N-dealkylation sites (tertiary alicyclic amines) is 1. The second-order valence-corrected chi connectivity index (χ2v) is 6.98. The molecule has 2 saturated heterocycles. The lowest BCUT2D eigenvalue weighted by atomic mass is 9.92. The van der Waals surface area contributed by atoms with Crippen LogP contribution in [0.5, 0.6) is 5.75 Å². The van der Waals surface area contributed by atoms with Gasteiger partial charge < -0.3 is 20.3 Å². The fourth-order valence-electron chi connectivity index (χ4n) is 3.65. The Morgan fingerprint density at radius 1 is 1.28 bits per heavy atom. The van der Waals surface area contributed by atoms with Crippen LogP contribution in [0.4, 0.5) is 5.69 Å². The predicted octanol–water partition coefficient (Wildman–Crippen LogP) is 2.26. The average Bonchev–Trinajstić information content (AvgIpc) is 3.15. The summed E-state index contributed by atoms with van der Waals surface area (Å²) in [6.45, 7) is 4.55. The van der Waals surface area contributed by atoms with Crippen molar-refractivity contribution in [2.75, 3.05) is 32.1 Å². The number of ether oxygens (including phenoxy) is 1. The monoisotopic (exact) mass is 345 g/mol. The highest BCUT2D eigenvalue weighted by Gasteiger charge is 2.26. The molecule has 6 heteroatoms. The van der Waals surface area contributed by atoms with Crippen molar-refractivity contribution in [1.29, 1.82) is 0 Å². The van der Waals surface area contributed by atoms with Crippen LogP contribution >= 0.6 is 0 Å². The van der Waals surface area contributed by atoms with Crippen molar-refractivity contribution in [3.05, 3.63) is 23.8 Å². The summed E-state index contributed by atoms with van der Waals surface area (Å²) < 4.78 is 5.36. The first-order valence-electron chi connectivity index (χ1n) is 9.10. The van der Waals surface area contributed by atoms with E-state index in [0.717, 1.165) is 45.3 Å². The molecule has 2 heterocycles. The molecule has 0 unspecified atom stereocenters. The smallest absolute Gasteiger partial charge is 0.253 e. The van der Waals surface area contributed by atoms with Gasteiger partial charge in [-0.25, -0.2) is 0 Å². The molecule has 6 nitrogen and oxygen atoms in total. The van der Waals surface area contributed by atoms with Gasteiger partial charge in [-0.15, -0.1) is 0 Å². The van der Waals surface area contributed by atoms with Crippen LogP contribution in [0, 0.1) is 5.92 Å². The molecule has 1 aromatic carbocycles. The molecule has 0 aromatic heterocycles. The molecule has 0 saturated carbocycles. The van der Waals surface area contributed by atoms with Gasteiger partial charge in [0.25, 0.3) is 5.91 Å². The Hall–Kier alpha value is -2.08. The van der Waals surface area contributed by atoms with E-state index in [4.69, 9.17) is 4.74 Å². The van der Waals surface area contributed by atoms with Crippen LogP contribution in [0.2, 0.25) is 0 Å². The van der Waals surface area contributed by atoms with E-state index in [1.54, 1.807) is 25.3 Å². The zero-order chi connectivity index (χ0) is 17.8. The predicted molar refractivity (Wildman–Crippen MR) is 96.9 cm³/mol. The number of hydrogen-bond acceptors (Lipinski definition) is 4. The summed E-state index contributed by atoms with van der Waals surface area (Å²) in [5.41, 5.74) is 1.17. The molecule has 2 fully saturated rings. The minimum Gasteiger partial charge on any atom is -0.495 e. The Bertz CT molecular complexity index is 641. The van der Waals surface area contributed by atoms with Crippen molar-refractivity contribution < 1.29 is 14.3 Å². The van der Waals surface area contributed by atoms with Crippen LogP contribution in [0.1, 0.15) is 43.0 Å². The maximum absolute atomic E-state index is 12.6. The number of anilines is 1. The number of carbonyl (C=O) groups is 2. The highest BCUT2D eigenvalue weighted by molar-refractivity contribution is 5.99. The molecule has 0 bridgehead atoms. The van der Waals surface area contributed by atoms with Crippen molar-refractivity contribution in [1.82, 2.24) is 10.2 Å². The Morgan fingerprint density at radius 3 is 2.72 bits per heavy atom. The highest BCUT2D eigenvalue weighted by atomic mass is 16.5. The molecule has 136 valence electrons. The number of nitrogens with one attached hydrogen (secondary N) is 2. The summed E-state index contributed by atoms with van der Waals surface area (Å²) in [5, 5.41) is 6.33. The van der Waals surface area contributed by atoms with Gasteiger partial charge in [0.1, 0.15) is 5.75 Å². The van der Waals surface area contributed by atoms with Gasteiger partial charge in [-0.05, 0) is 57.4 Å². The summed E-state index contributed by atoms with van der Waals surface area (Å²) in [4.78, 5) is 27.1. The summed E-state index contributed by atoms with van der Waals surface area (Å²) in [6.07, 6.45) is 3.75. The molecule has 1 aromatic rings. The SMILES string of the molecule is COc1ccc(C(=O)N2CCCC2)cc1NC(=O)[C@H]1CCN[C@@H](C)C1. The van der Waals surface area contributed by atoms with Crippen LogP contribution in [-0.4, -0.2) is 49.5 Å². The maximum Gasteiger partial charge on any atom is 0.253 e. The first kappa shape index (κ1) is 17.7. The third kappa shape index (κ3) is 4.12. The Labute approximate surface area is 148 Å². The van der Waals surface area contributed by atoms with Crippen molar-refractivity contribution >= 4 is 17.5 Å². The third-order valence-corrected chi connectivity index (χ3v) is 5.09. The van der Waals surface area contributed by atoms with Crippen LogP contribution in [0.25, 0.3) is 0 Å². The van der Waals surface area contributed by atoms with E-state index in [1.807, 2.05) is 4.90 Å². The zero-order valence-corrected chi connectivity index (χ0v) is 15.0. The first-order valence-corrected chi connectivity index (χ1v) is 9.10. The topological polar surface area (TPSA) is 70.7 Å². The highest BCUT2D eigenvalue weighted by Crippen LogP contribution is 2.28. The lowest BCUT2D eigenvalue weighted by Crippen LogP contribution is -2.40. The number of benzene rings is 1. The number of piperidine rings is 1. The molecule has 0 aliphatic carbocycles. The summed E-state index contributed by atoms with van der Waals surface area (Å²) >= 11 is 0. The molecule has 3 rings (SSSR count). The normalized spacial score (nSPS) is 23.4. The summed E-state index contributed by atoms with van der Waals surface area (Å²) in [6, 6.07) is 5.60. The van der Waals surface area contributed by atoms with Gasteiger partial charge in [-0.1, -0.05) is 0 Å². The first-order chi connectivity index (χ1) is 12.1. The average molecular weight is 345 g/mol. The van der Waals surface area contributed by atoms with Crippen LogP contribution in [0.3, 0.4) is 0 Å². The van der Waals surface area contributed by atoms with Crippen LogP contribution < -0.4 is 15.4 Å². The van der Waals surface area contributed by atoms with Gasteiger partial charge in [0.15, 0.2) is 0 Å². The molecular formula is C19H27N3O3. The minimum atomic E-state index is -0.0149. The van der Waals surface area contributed by atoms with E-state index in [9.17, 15) is 9.59 Å². The molecule has 0 radical (unpaired) electrons. The Morgan fingerprint density at radius 2 is 2.04 bits per heavy atom. The standard InChI is InChI=1S/C19H27N3O3/c1-13-11-14(7-8-20-13)18(23)21-16-12-15(5-6-17(16)25-2)19(24)22-9-3-4-10-22/h5-6,12-14,20H,3-4,7-11H2,1-2H3,(H,21,23)/t13-,14-/m0/s1. The molecular weight excluding hydrogens is 318 g/mol. The molecule has 0 spiro atoms. The Balaban J connectivity index is 1.75. The molecule has 2 amide bonds. The zero-order valence-electron chi connectivity index (χ0n) is 15.0. The number of amides is 2. The van der Waals surface area contributed by atoms with Gasteiger partial charge in [0.2, 0.25) is 5.91 Å². The fraction of sp³-hybridized carbons (Fsp3) is 0.579. The molecule has 2 atom stereocenters. The van der Waals surface area contributed by atoms with E-state index in [-0.39, 0.29) is 17.7 Å². The van der Waals surface area contributed by atoms with E-state index in [0.29, 0.717) is 23.0 Å². The Kier molecular flexibility index (Phi) is 5.58. The quantitative estimate of drug-likeness (QED) is 0.878. The lowest BCUT2D eigenvalue weighted by molar-refractivity contribution is -0.120. The van der Waals surface area contributed by atoms with Crippen molar-refractivity contribution in [3.8, 4) is 5.75 Å². The number of hydrogen-bond donors (Lipinski definition) is 2. The van der Waals surface area contributed by atoms with E-state index >= 15 is 0 Å². The lowest BCUT2D eigenvalue weighted by Gasteiger charge is -2.27. The van der Waals surface area contributed by atoms with Crippen molar-refractivity contribution in [3.63, 3.8) is 0 Å². The van der Waals surface area contributed by atoms with E-state index in [2.05, 4.69) is 17.6 Å². The second kappa shape index (κ2) is 7.87. The third-order valence-electron chi connectivity index (χ3n) is 5.09. The van der Waals surface area contributed by atoms with E-state index < -0.39 is 0 Å². The van der Waals surface area contributed by atoms with Crippen LogP contribution in [0.15, 0.2) is 18.2 Å². The molecule has 2 aliphatic heterocycles. The van der Waals surface area contributed by atoms with Gasteiger partial charge in [-0.3, -0.25) is 9.59 Å². The largest absolute Gasteiger partial charge is 0.495 e. The summed E-state index contributed by atoms with van der Waals surface area (Å²) in [5.74, 6) is 0.579. The number of nitrogens with zero attached hydrogens (tertiary/aromatic N) is 1. The number of rotatable bonds is 4. The van der Waals surface area contributed by atoms with Crippen molar-refractivity contribution in [2.24, 2.45) is 5.92 Å². The van der Waals surface area contributed by atoms with Crippen LogP contribution in [-0.2, 0) is 4.79 Å². The minimum absolute atomic E-state index is 0.00239. The second-order valence-electron chi connectivity index (χ2n) is 6.98. The molecule has 2 N–H and O–H groups in total. The van der Waals surface area contributed by atoms with Crippen molar-refractivity contribution in [2.45, 2.75) is 38.6 Å². The van der Waals surface area contributed by atoms with Gasteiger partial charge in [0, 0.05) is 30.6 Å². The van der Waals surface area contributed by atoms with Gasteiger partial charge in [0.05, 0.1) is 12.8 Å². The molecule has 2 aliphatic rings. The maximum atomic E-state index is 12.6. The van der Waals surface area contributed by atoms with Gasteiger partial charge >= 0.3 is 0 Å². The molecule has 25 heavy (non-hydrogen) atoms. The fourth-order valence-corrected chi connectivity index (χ4v) is 3.65. The van der Waals surface area contributed by atoms with Gasteiger partial charge in [-0.2, -0.15) is 0 Å². The number of methoxy groups -OCH3 is 1. The van der Waals surface area contributed by atoms with E-state index in [1.165, 1.54) is 0 Å².